The molecule has 1 atom stereocenters. The average Bonchev–Trinajstić information content (AvgIpc) is 2.38. The van der Waals surface area contributed by atoms with Crippen LogP contribution in [0.25, 0.3) is 0 Å². The van der Waals surface area contributed by atoms with Gasteiger partial charge in [0.2, 0.25) is 0 Å². The SMILES string of the molecule is Cc1cccc(S(=O)Cc2cccc(F)c2F)c1N. The van der Waals surface area contributed by atoms with Crippen molar-refractivity contribution in [2.45, 2.75) is 17.6 Å². The highest BCUT2D eigenvalue weighted by atomic mass is 32.2. The van der Waals surface area contributed by atoms with Crippen LogP contribution in [0.2, 0.25) is 0 Å². The van der Waals surface area contributed by atoms with Crippen molar-refractivity contribution in [3.63, 3.8) is 0 Å². The second kappa shape index (κ2) is 5.48. The van der Waals surface area contributed by atoms with Gasteiger partial charge in [-0.05, 0) is 24.6 Å². The van der Waals surface area contributed by atoms with Gasteiger partial charge >= 0.3 is 0 Å². The first kappa shape index (κ1) is 13.7. The van der Waals surface area contributed by atoms with Gasteiger partial charge in [0.1, 0.15) is 0 Å². The van der Waals surface area contributed by atoms with Gasteiger partial charge in [-0.3, -0.25) is 4.21 Å². The summed E-state index contributed by atoms with van der Waals surface area (Å²) in [4.78, 5) is 0.448. The van der Waals surface area contributed by atoms with Crippen LogP contribution in [-0.2, 0) is 16.6 Å². The number of benzene rings is 2. The summed E-state index contributed by atoms with van der Waals surface area (Å²) in [6.45, 7) is 1.80. The summed E-state index contributed by atoms with van der Waals surface area (Å²) < 4.78 is 38.8. The van der Waals surface area contributed by atoms with Crippen molar-refractivity contribution in [3.05, 3.63) is 59.2 Å². The maximum absolute atomic E-state index is 13.5. The Bertz CT molecular complexity index is 643. The molecule has 0 fully saturated rings. The summed E-state index contributed by atoms with van der Waals surface area (Å²) in [6, 6.07) is 9.02. The smallest absolute Gasteiger partial charge is 0.162 e. The van der Waals surface area contributed by atoms with E-state index < -0.39 is 22.4 Å². The summed E-state index contributed by atoms with van der Waals surface area (Å²) in [5.74, 6) is -1.99. The molecule has 0 heterocycles. The largest absolute Gasteiger partial charge is 0.398 e. The molecule has 2 aromatic rings. The maximum atomic E-state index is 13.5. The van der Waals surface area contributed by atoms with Crippen LogP contribution < -0.4 is 5.73 Å². The minimum absolute atomic E-state index is 0.0826. The van der Waals surface area contributed by atoms with Crippen molar-refractivity contribution in [3.8, 4) is 0 Å². The van der Waals surface area contributed by atoms with E-state index in [9.17, 15) is 13.0 Å². The number of rotatable bonds is 3. The number of aryl methyl sites for hydroxylation is 1. The molecule has 0 spiro atoms. The third-order valence-electron chi connectivity index (χ3n) is 2.85. The van der Waals surface area contributed by atoms with Gasteiger partial charge in [-0.15, -0.1) is 0 Å². The third kappa shape index (κ3) is 2.81. The lowest BCUT2D eigenvalue weighted by Gasteiger charge is -2.09. The van der Waals surface area contributed by atoms with Crippen molar-refractivity contribution in [1.82, 2.24) is 0 Å². The molecule has 0 bridgehead atoms. The molecule has 19 heavy (non-hydrogen) atoms. The summed E-state index contributed by atoms with van der Waals surface area (Å²) in [6.07, 6.45) is 0. The minimum Gasteiger partial charge on any atom is -0.398 e. The summed E-state index contributed by atoms with van der Waals surface area (Å²) in [5, 5.41) is 0. The van der Waals surface area contributed by atoms with Crippen LogP contribution >= 0.6 is 0 Å². The van der Waals surface area contributed by atoms with Gasteiger partial charge in [0.25, 0.3) is 0 Å². The number of anilines is 1. The molecule has 5 heteroatoms. The van der Waals surface area contributed by atoms with E-state index in [-0.39, 0.29) is 11.3 Å². The Morgan fingerprint density at radius 1 is 1.16 bits per heavy atom. The van der Waals surface area contributed by atoms with Gasteiger partial charge in [0, 0.05) is 5.56 Å². The Labute approximate surface area is 112 Å². The van der Waals surface area contributed by atoms with Crippen LogP contribution in [0.4, 0.5) is 14.5 Å². The van der Waals surface area contributed by atoms with E-state index in [2.05, 4.69) is 0 Å². The molecule has 0 saturated carbocycles. The molecule has 0 aliphatic rings. The monoisotopic (exact) mass is 281 g/mol. The predicted molar refractivity (Wildman–Crippen MR) is 72.1 cm³/mol. The number of halogens is 2. The fourth-order valence-electron chi connectivity index (χ4n) is 1.73. The molecular formula is C14H13F2NOS. The summed E-state index contributed by atoms with van der Waals surface area (Å²) >= 11 is 0. The highest BCUT2D eigenvalue weighted by Gasteiger charge is 2.14. The molecule has 2 nitrogen and oxygen atoms in total. The van der Waals surface area contributed by atoms with Crippen molar-refractivity contribution in [2.24, 2.45) is 0 Å². The van der Waals surface area contributed by atoms with Crippen LogP contribution in [0.15, 0.2) is 41.3 Å². The fourth-order valence-corrected chi connectivity index (χ4v) is 3.03. The Balaban J connectivity index is 2.31. The normalized spacial score (nSPS) is 12.4. The van der Waals surface area contributed by atoms with E-state index in [0.29, 0.717) is 10.6 Å². The highest BCUT2D eigenvalue weighted by Crippen LogP contribution is 2.23. The van der Waals surface area contributed by atoms with Gasteiger partial charge in [-0.1, -0.05) is 24.3 Å². The van der Waals surface area contributed by atoms with E-state index in [0.717, 1.165) is 11.6 Å². The highest BCUT2D eigenvalue weighted by molar-refractivity contribution is 7.84. The molecule has 2 rings (SSSR count). The van der Waals surface area contributed by atoms with Crippen LogP contribution in [0.1, 0.15) is 11.1 Å². The van der Waals surface area contributed by atoms with Gasteiger partial charge in [-0.2, -0.15) is 0 Å². The number of hydrogen-bond acceptors (Lipinski definition) is 2. The van der Waals surface area contributed by atoms with E-state index in [1.165, 1.54) is 12.1 Å². The molecule has 0 aliphatic heterocycles. The van der Waals surface area contributed by atoms with E-state index >= 15 is 0 Å². The Hall–Kier alpha value is -1.75. The average molecular weight is 281 g/mol. The Morgan fingerprint density at radius 3 is 2.58 bits per heavy atom. The molecular weight excluding hydrogens is 268 g/mol. The van der Waals surface area contributed by atoms with Gasteiger partial charge < -0.3 is 5.73 Å². The predicted octanol–water partition coefficient (Wildman–Crippen LogP) is 3.16. The van der Waals surface area contributed by atoms with Gasteiger partial charge in [0.05, 0.1) is 27.1 Å². The zero-order valence-corrected chi connectivity index (χ0v) is 11.1. The molecule has 0 aliphatic carbocycles. The minimum atomic E-state index is -1.51. The van der Waals surface area contributed by atoms with Crippen LogP contribution in [0.3, 0.4) is 0 Å². The molecule has 0 amide bonds. The van der Waals surface area contributed by atoms with Crippen LogP contribution in [0.5, 0.6) is 0 Å². The molecule has 2 aromatic carbocycles. The Morgan fingerprint density at radius 2 is 1.84 bits per heavy atom. The van der Waals surface area contributed by atoms with E-state index in [4.69, 9.17) is 5.73 Å². The lowest BCUT2D eigenvalue weighted by atomic mass is 10.2. The zero-order valence-electron chi connectivity index (χ0n) is 10.3. The lowest BCUT2D eigenvalue weighted by molar-refractivity contribution is 0.502. The van der Waals surface area contributed by atoms with Gasteiger partial charge in [0.15, 0.2) is 11.6 Å². The number of nitrogen functional groups attached to an aromatic ring is 1. The second-order valence-electron chi connectivity index (χ2n) is 4.19. The molecule has 0 radical (unpaired) electrons. The molecule has 100 valence electrons. The molecule has 2 N–H and O–H groups in total. The molecule has 0 aromatic heterocycles. The fraction of sp³-hybridized carbons (Fsp3) is 0.143. The quantitative estimate of drug-likeness (QED) is 0.878. The van der Waals surface area contributed by atoms with Crippen LogP contribution in [0, 0.1) is 18.6 Å². The van der Waals surface area contributed by atoms with Crippen molar-refractivity contribution >= 4 is 16.5 Å². The first-order chi connectivity index (χ1) is 9.00. The standard InChI is InChI=1S/C14H13F2NOS/c1-9-4-2-7-12(14(9)17)19(18)8-10-5-3-6-11(15)13(10)16/h2-7H,8,17H2,1H3. The number of nitrogens with two attached hydrogens (primary N) is 1. The summed E-state index contributed by atoms with van der Waals surface area (Å²) in [7, 11) is -1.51. The van der Waals surface area contributed by atoms with Crippen LogP contribution in [-0.4, -0.2) is 4.21 Å². The topological polar surface area (TPSA) is 43.1 Å². The first-order valence-electron chi connectivity index (χ1n) is 5.67. The summed E-state index contributed by atoms with van der Waals surface area (Å²) in [5.41, 5.74) is 7.17. The van der Waals surface area contributed by atoms with E-state index in [1.54, 1.807) is 25.1 Å². The van der Waals surface area contributed by atoms with E-state index in [1.807, 2.05) is 0 Å². The van der Waals surface area contributed by atoms with Gasteiger partial charge in [-0.25, -0.2) is 8.78 Å². The van der Waals surface area contributed by atoms with Crippen molar-refractivity contribution < 1.29 is 13.0 Å². The Kier molecular flexibility index (Phi) is 3.95. The number of para-hydroxylation sites is 1. The van der Waals surface area contributed by atoms with Crippen molar-refractivity contribution in [1.29, 1.82) is 0 Å². The third-order valence-corrected chi connectivity index (χ3v) is 4.27. The first-order valence-corrected chi connectivity index (χ1v) is 6.99. The van der Waals surface area contributed by atoms with Crippen molar-refractivity contribution in [2.75, 3.05) is 5.73 Å². The zero-order chi connectivity index (χ0) is 14.0. The second-order valence-corrected chi connectivity index (χ2v) is 5.61. The molecule has 1 unspecified atom stereocenters. The molecule has 0 saturated heterocycles. The number of hydrogen-bond donors (Lipinski definition) is 1. The lowest BCUT2D eigenvalue weighted by Crippen LogP contribution is -2.04. The maximum Gasteiger partial charge on any atom is 0.162 e.